The van der Waals surface area contributed by atoms with Crippen molar-refractivity contribution in [3.05, 3.63) is 70.3 Å². The highest BCUT2D eigenvalue weighted by Crippen LogP contribution is 2.18. The number of hydrogen-bond donors (Lipinski definition) is 1. The minimum Gasteiger partial charge on any atom is -0.462 e. The number of ether oxygens (including phenoxy) is 1. The summed E-state index contributed by atoms with van der Waals surface area (Å²) in [5.74, 6) is -0.276. The number of hydrogen-bond acceptors (Lipinski definition) is 6. The molecule has 0 aliphatic carbocycles. The molecule has 0 aliphatic heterocycles. The van der Waals surface area contributed by atoms with Gasteiger partial charge in [0.2, 0.25) is 11.6 Å². The summed E-state index contributed by atoms with van der Waals surface area (Å²) in [5, 5.41) is 11.0. The van der Waals surface area contributed by atoms with Crippen molar-refractivity contribution in [3.8, 4) is 0 Å². The molecule has 0 fully saturated rings. The molecule has 1 amide bonds. The van der Waals surface area contributed by atoms with Crippen molar-refractivity contribution in [3.63, 3.8) is 0 Å². The van der Waals surface area contributed by atoms with E-state index in [9.17, 15) is 14.4 Å². The molecule has 4 rings (SSSR count). The van der Waals surface area contributed by atoms with Crippen molar-refractivity contribution in [2.45, 2.75) is 33.2 Å². The largest absolute Gasteiger partial charge is 0.462 e. The van der Waals surface area contributed by atoms with E-state index in [2.05, 4.69) is 15.5 Å². The molecule has 0 bridgehead atoms. The molecule has 0 saturated heterocycles. The van der Waals surface area contributed by atoms with Gasteiger partial charge in [-0.3, -0.25) is 18.6 Å². The van der Waals surface area contributed by atoms with Gasteiger partial charge in [-0.1, -0.05) is 31.2 Å². The molecule has 164 valence electrons. The topological polar surface area (TPSA) is 108 Å². The molecule has 0 atom stereocenters. The van der Waals surface area contributed by atoms with E-state index in [1.54, 1.807) is 41.7 Å². The monoisotopic (exact) mass is 433 g/mol. The van der Waals surface area contributed by atoms with E-state index >= 15 is 0 Å². The predicted molar refractivity (Wildman–Crippen MR) is 120 cm³/mol. The normalized spacial score (nSPS) is 11.1. The van der Waals surface area contributed by atoms with Crippen molar-refractivity contribution in [2.24, 2.45) is 0 Å². The van der Waals surface area contributed by atoms with Gasteiger partial charge in [-0.05, 0) is 37.6 Å². The molecule has 0 saturated carbocycles. The standard InChI is InChI=1S/C23H23N5O4/c1-3-9-19-25-26-21-22(30)27(17-12-7-8-13-18(17)28(19)21)14-20(29)24-16-11-6-5-10-15(16)23(31)32-4-2/h5-8,10-13H,3-4,9,14H2,1-2H3,(H,24,29). The van der Waals surface area contributed by atoms with E-state index in [1.807, 2.05) is 25.1 Å². The van der Waals surface area contributed by atoms with Crippen LogP contribution in [-0.4, -0.2) is 37.6 Å². The van der Waals surface area contributed by atoms with Crippen LogP contribution in [0.25, 0.3) is 16.7 Å². The third-order valence-corrected chi connectivity index (χ3v) is 5.05. The number of aryl methyl sites for hydroxylation is 1. The van der Waals surface area contributed by atoms with Gasteiger partial charge >= 0.3 is 5.97 Å². The third kappa shape index (κ3) is 3.84. The lowest BCUT2D eigenvalue weighted by Gasteiger charge is -2.14. The number of para-hydroxylation sites is 3. The molecule has 32 heavy (non-hydrogen) atoms. The Morgan fingerprint density at radius 1 is 1.00 bits per heavy atom. The van der Waals surface area contributed by atoms with E-state index < -0.39 is 17.4 Å². The summed E-state index contributed by atoms with van der Waals surface area (Å²) in [6.07, 6.45) is 1.54. The van der Waals surface area contributed by atoms with Gasteiger partial charge in [-0.2, -0.15) is 0 Å². The Kier molecular flexibility index (Phi) is 5.98. The van der Waals surface area contributed by atoms with Gasteiger partial charge in [-0.15, -0.1) is 10.2 Å². The zero-order valence-corrected chi connectivity index (χ0v) is 17.9. The number of benzene rings is 2. The number of anilines is 1. The molecule has 0 spiro atoms. The van der Waals surface area contributed by atoms with Crippen molar-refractivity contribution in [1.82, 2.24) is 19.2 Å². The average molecular weight is 433 g/mol. The second-order valence-electron chi connectivity index (χ2n) is 7.22. The van der Waals surface area contributed by atoms with Crippen molar-refractivity contribution >= 4 is 34.2 Å². The van der Waals surface area contributed by atoms with Gasteiger partial charge in [0, 0.05) is 6.42 Å². The van der Waals surface area contributed by atoms with E-state index in [0.717, 1.165) is 11.9 Å². The molecule has 0 aliphatic rings. The molecule has 2 aromatic heterocycles. The highest BCUT2D eigenvalue weighted by molar-refractivity contribution is 6.01. The van der Waals surface area contributed by atoms with Crippen molar-refractivity contribution < 1.29 is 14.3 Å². The minimum absolute atomic E-state index is 0.173. The lowest BCUT2D eigenvalue weighted by Crippen LogP contribution is -2.30. The first-order valence-corrected chi connectivity index (χ1v) is 10.5. The predicted octanol–water partition coefficient (Wildman–Crippen LogP) is 2.81. The maximum Gasteiger partial charge on any atom is 0.340 e. The fraction of sp³-hybridized carbons (Fsp3) is 0.261. The number of esters is 1. The molecule has 0 unspecified atom stereocenters. The highest BCUT2D eigenvalue weighted by Gasteiger charge is 2.19. The Hall–Kier alpha value is -4.01. The average Bonchev–Trinajstić information content (AvgIpc) is 3.21. The number of carbonyl (C=O) groups is 2. The van der Waals surface area contributed by atoms with Crippen LogP contribution in [0.4, 0.5) is 5.69 Å². The van der Waals surface area contributed by atoms with Crippen LogP contribution in [-0.2, 0) is 22.5 Å². The van der Waals surface area contributed by atoms with Crippen LogP contribution in [0.2, 0.25) is 0 Å². The Morgan fingerprint density at radius 2 is 1.72 bits per heavy atom. The zero-order valence-electron chi connectivity index (χ0n) is 17.9. The molecular formula is C23H23N5O4. The van der Waals surface area contributed by atoms with Gasteiger partial charge in [0.1, 0.15) is 12.4 Å². The summed E-state index contributed by atoms with van der Waals surface area (Å²) < 4.78 is 8.18. The molecule has 1 N–H and O–H groups in total. The fourth-order valence-electron chi connectivity index (χ4n) is 3.67. The Balaban J connectivity index is 1.73. The first kappa shape index (κ1) is 21.2. The van der Waals surface area contributed by atoms with Crippen LogP contribution in [0.3, 0.4) is 0 Å². The Bertz CT molecular complexity index is 1370. The summed E-state index contributed by atoms with van der Waals surface area (Å²) in [4.78, 5) is 38.3. The smallest absolute Gasteiger partial charge is 0.340 e. The summed E-state index contributed by atoms with van der Waals surface area (Å²) in [5.41, 5.74) is 1.67. The quantitative estimate of drug-likeness (QED) is 0.449. The van der Waals surface area contributed by atoms with Crippen LogP contribution in [0.5, 0.6) is 0 Å². The number of nitrogens with one attached hydrogen (secondary N) is 1. The molecule has 9 nitrogen and oxygen atoms in total. The van der Waals surface area contributed by atoms with E-state index in [0.29, 0.717) is 23.4 Å². The van der Waals surface area contributed by atoms with Gasteiger partial charge in [-0.25, -0.2) is 4.79 Å². The third-order valence-electron chi connectivity index (χ3n) is 5.05. The maximum atomic E-state index is 13.2. The fourth-order valence-corrected chi connectivity index (χ4v) is 3.67. The zero-order chi connectivity index (χ0) is 22.7. The van der Waals surface area contributed by atoms with Crippen molar-refractivity contribution in [1.29, 1.82) is 0 Å². The lowest BCUT2D eigenvalue weighted by molar-refractivity contribution is -0.116. The van der Waals surface area contributed by atoms with E-state index in [-0.39, 0.29) is 24.4 Å². The van der Waals surface area contributed by atoms with Crippen molar-refractivity contribution in [2.75, 3.05) is 11.9 Å². The molecule has 2 heterocycles. The van der Waals surface area contributed by atoms with Crippen LogP contribution in [0, 0.1) is 0 Å². The number of carbonyl (C=O) groups excluding carboxylic acids is 2. The second-order valence-corrected chi connectivity index (χ2v) is 7.22. The maximum absolute atomic E-state index is 13.2. The van der Waals surface area contributed by atoms with Gasteiger partial charge in [0.25, 0.3) is 5.56 Å². The number of nitrogens with zero attached hydrogens (tertiary/aromatic N) is 4. The Labute approximate surface area is 183 Å². The summed E-state index contributed by atoms with van der Waals surface area (Å²) in [7, 11) is 0. The SMILES string of the molecule is CCCc1nnc2c(=O)n(CC(=O)Nc3ccccc3C(=O)OCC)c3ccccc3n12. The molecule has 2 aromatic carbocycles. The van der Waals surface area contributed by atoms with Gasteiger partial charge in [0.05, 0.1) is 28.9 Å². The molecule has 4 aromatic rings. The van der Waals surface area contributed by atoms with Crippen LogP contribution in [0.1, 0.15) is 36.5 Å². The summed E-state index contributed by atoms with van der Waals surface area (Å²) in [6.45, 7) is 3.72. The van der Waals surface area contributed by atoms with Crippen LogP contribution in [0.15, 0.2) is 53.3 Å². The van der Waals surface area contributed by atoms with Crippen LogP contribution >= 0.6 is 0 Å². The Morgan fingerprint density at radius 3 is 2.47 bits per heavy atom. The molecule has 9 heteroatoms. The van der Waals surface area contributed by atoms with Gasteiger partial charge in [0.15, 0.2) is 0 Å². The van der Waals surface area contributed by atoms with Gasteiger partial charge < -0.3 is 10.1 Å². The minimum atomic E-state index is -0.528. The first-order valence-electron chi connectivity index (χ1n) is 10.5. The summed E-state index contributed by atoms with van der Waals surface area (Å²) in [6, 6.07) is 13.9. The number of fused-ring (bicyclic) bond motifs is 3. The molecular weight excluding hydrogens is 410 g/mol. The number of aromatic nitrogens is 4. The number of rotatable bonds is 7. The van der Waals surface area contributed by atoms with Crippen LogP contribution < -0.4 is 10.9 Å². The van der Waals surface area contributed by atoms with E-state index in [1.165, 1.54) is 4.57 Å². The second kappa shape index (κ2) is 9.01. The number of amides is 1. The summed E-state index contributed by atoms with van der Waals surface area (Å²) >= 11 is 0. The molecule has 0 radical (unpaired) electrons. The first-order chi connectivity index (χ1) is 15.5. The lowest BCUT2D eigenvalue weighted by atomic mass is 10.2. The highest BCUT2D eigenvalue weighted by atomic mass is 16.5. The van der Waals surface area contributed by atoms with E-state index in [4.69, 9.17) is 4.74 Å².